The Morgan fingerprint density at radius 2 is 1.37 bits per heavy atom. The first-order valence-electron chi connectivity index (χ1n) is 10.2. The van der Waals surface area contributed by atoms with E-state index in [1.165, 1.54) is 36.8 Å². The summed E-state index contributed by atoms with van der Waals surface area (Å²) in [5.41, 5.74) is 3.02. The van der Waals surface area contributed by atoms with Gasteiger partial charge in [0.1, 0.15) is 0 Å². The fraction of sp³-hybridized carbons (Fsp3) is 0.346. The molecule has 4 heteroatoms. The minimum Gasteiger partial charge on any atom is -1.00 e. The average molecular weight is 496 g/mol. The second kappa shape index (κ2) is 13.8. The monoisotopic (exact) mass is 494 g/mol. The predicted octanol–water partition coefficient (Wildman–Crippen LogP) is -2.25. The quantitative estimate of drug-likeness (QED) is 0.314. The molecular formula is C26H29Cl3Ti. The number of hydrogen-bond donors (Lipinski definition) is 0. The average Bonchev–Trinajstić information content (AvgIpc) is 3.15. The molecule has 2 aliphatic carbocycles. The van der Waals surface area contributed by atoms with Crippen molar-refractivity contribution in [2.45, 2.75) is 38.0 Å². The zero-order valence-corrected chi connectivity index (χ0v) is 21.2. The van der Waals surface area contributed by atoms with E-state index in [0.717, 1.165) is 0 Å². The topological polar surface area (TPSA) is 0 Å². The molecule has 2 aromatic carbocycles. The van der Waals surface area contributed by atoms with Gasteiger partial charge in [-0.15, -0.1) is 5.92 Å². The van der Waals surface area contributed by atoms with E-state index in [2.05, 4.69) is 98.3 Å². The van der Waals surface area contributed by atoms with Crippen LogP contribution in [-0.2, 0) is 27.1 Å². The van der Waals surface area contributed by atoms with Crippen LogP contribution in [0.25, 0.3) is 0 Å². The van der Waals surface area contributed by atoms with Crippen molar-refractivity contribution < 1.29 is 58.9 Å². The summed E-state index contributed by atoms with van der Waals surface area (Å²) in [5, 5.41) is 0. The summed E-state index contributed by atoms with van der Waals surface area (Å²) in [6.45, 7) is 2.31. The van der Waals surface area contributed by atoms with Gasteiger partial charge in [-0.1, -0.05) is 105 Å². The zero-order chi connectivity index (χ0) is 17.8. The van der Waals surface area contributed by atoms with Gasteiger partial charge in [-0.3, -0.25) is 0 Å². The molecule has 158 valence electrons. The first-order valence-corrected chi connectivity index (χ1v) is 10.2. The van der Waals surface area contributed by atoms with Crippen LogP contribution in [0.3, 0.4) is 0 Å². The maximum absolute atomic E-state index is 2.63. The van der Waals surface area contributed by atoms with E-state index in [9.17, 15) is 0 Å². The van der Waals surface area contributed by atoms with Crippen LogP contribution in [0.4, 0.5) is 0 Å². The third-order valence-electron chi connectivity index (χ3n) is 6.45. The van der Waals surface area contributed by atoms with Crippen LogP contribution in [0.1, 0.15) is 43.7 Å². The van der Waals surface area contributed by atoms with Crippen LogP contribution >= 0.6 is 0 Å². The number of fused-ring (bicyclic) bond motifs is 1. The third kappa shape index (κ3) is 5.64. The van der Waals surface area contributed by atoms with Gasteiger partial charge in [-0.2, -0.15) is 6.42 Å². The molecule has 1 fully saturated rings. The first kappa shape index (κ1) is 29.5. The Balaban J connectivity index is 0.00000210. The Morgan fingerprint density at radius 3 is 1.90 bits per heavy atom. The predicted molar refractivity (Wildman–Crippen MR) is 111 cm³/mol. The number of rotatable bonds is 6. The molecule has 30 heavy (non-hydrogen) atoms. The number of benzene rings is 2. The van der Waals surface area contributed by atoms with Crippen LogP contribution in [0.15, 0.2) is 85.0 Å². The van der Waals surface area contributed by atoms with Gasteiger partial charge in [0.05, 0.1) is 0 Å². The number of allylic oxidation sites excluding steroid dienone is 4. The molecule has 0 bridgehead atoms. The smallest absolute Gasteiger partial charge is 1.00 e. The van der Waals surface area contributed by atoms with Gasteiger partial charge in [-0.25, -0.2) is 0 Å². The molecule has 0 saturated heterocycles. The summed E-state index contributed by atoms with van der Waals surface area (Å²) in [4.78, 5) is 0. The van der Waals surface area contributed by atoms with E-state index < -0.39 is 0 Å². The summed E-state index contributed by atoms with van der Waals surface area (Å²) in [7, 11) is 0. The van der Waals surface area contributed by atoms with Crippen molar-refractivity contribution in [2.75, 3.05) is 0 Å². The zero-order valence-electron chi connectivity index (χ0n) is 17.4. The van der Waals surface area contributed by atoms with Crippen molar-refractivity contribution in [3.05, 3.63) is 103 Å². The van der Waals surface area contributed by atoms with Crippen LogP contribution < -0.4 is 37.2 Å². The van der Waals surface area contributed by atoms with Crippen molar-refractivity contribution in [1.82, 2.24) is 0 Å². The maximum Gasteiger partial charge on any atom is 4.00 e. The van der Waals surface area contributed by atoms with Gasteiger partial charge >= 0.3 is 21.7 Å². The minimum atomic E-state index is 0. The third-order valence-corrected chi connectivity index (χ3v) is 6.45. The maximum atomic E-state index is 2.63. The second-order valence-electron chi connectivity index (χ2n) is 7.82. The molecule has 2 aliphatic rings. The molecule has 0 radical (unpaired) electrons. The van der Waals surface area contributed by atoms with Gasteiger partial charge < -0.3 is 43.6 Å². The van der Waals surface area contributed by atoms with Gasteiger partial charge in [0.25, 0.3) is 0 Å². The largest absolute Gasteiger partial charge is 4.00 e. The van der Waals surface area contributed by atoms with Gasteiger partial charge in [0.2, 0.25) is 0 Å². The summed E-state index contributed by atoms with van der Waals surface area (Å²) in [5.74, 6) is 1.82. The van der Waals surface area contributed by atoms with Crippen LogP contribution in [-0.4, -0.2) is 0 Å². The van der Waals surface area contributed by atoms with Gasteiger partial charge in [-0.05, 0) is 34.8 Å². The Labute approximate surface area is 216 Å². The Morgan fingerprint density at radius 1 is 0.833 bits per heavy atom. The molecule has 3 unspecified atom stereocenters. The molecule has 3 atom stereocenters. The van der Waals surface area contributed by atoms with E-state index in [0.29, 0.717) is 17.8 Å². The SMILES string of the molecule is CCCCC(c1ccccc1)(c1ccccc1)C1[CH-]CC2C=CC=CC21.[Cl-].[Cl-].[Cl-].[Ti+4]. The van der Waals surface area contributed by atoms with Crippen LogP contribution in [0, 0.1) is 24.2 Å². The van der Waals surface area contributed by atoms with Crippen LogP contribution in [0.5, 0.6) is 0 Å². The van der Waals surface area contributed by atoms with Gasteiger partial charge in [0.15, 0.2) is 0 Å². The summed E-state index contributed by atoms with van der Waals surface area (Å²) in [6, 6.07) is 22.5. The van der Waals surface area contributed by atoms with Crippen molar-refractivity contribution in [3.8, 4) is 0 Å². The molecule has 0 amide bonds. The molecule has 1 saturated carbocycles. The van der Waals surface area contributed by atoms with Crippen LogP contribution in [0.2, 0.25) is 0 Å². The molecular weight excluding hydrogens is 467 g/mol. The number of unbranched alkanes of at least 4 members (excludes halogenated alkanes) is 1. The Bertz CT molecular complexity index is 734. The standard InChI is InChI=1S/C26H29.3ClH.Ti/c1-2-3-20-26(22-13-6-4-7-14-22,23-15-8-5-9-16-23)25-19-18-21-12-10-11-17-24(21)25;;;;/h4-17,19,21,24-25H,2-3,18,20H2,1H3;3*1H;/q-1;;;;+4/p-3. The molecule has 0 spiro atoms. The Kier molecular flexibility index (Phi) is 13.6. The fourth-order valence-electron chi connectivity index (χ4n) is 5.22. The van der Waals surface area contributed by atoms with Crippen molar-refractivity contribution in [1.29, 1.82) is 0 Å². The van der Waals surface area contributed by atoms with E-state index in [1.54, 1.807) is 0 Å². The van der Waals surface area contributed by atoms with Crippen molar-refractivity contribution in [3.63, 3.8) is 0 Å². The Hall–Kier alpha value is -0.496. The first-order chi connectivity index (χ1) is 12.9. The van der Waals surface area contributed by atoms with E-state index >= 15 is 0 Å². The molecule has 0 aliphatic heterocycles. The fourth-order valence-corrected chi connectivity index (χ4v) is 5.22. The van der Waals surface area contributed by atoms with Crippen molar-refractivity contribution in [2.24, 2.45) is 17.8 Å². The van der Waals surface area contributed by atoms with E-state index in [-0.39, 0.29) is 64.4 Å². The molecule has 0 heterocycles. The normalized spacial score (nSPS) is 21.3. The second-order valence-corrected chi connectivity index (χ2v) is 7.82. The summed E-state index contributed by atoms with van der Waals surface area (Å²) < 4.78 is 0. The summed E-state index contributed by atoms with van der Waals surface area (Å²) >= 11 is 0. The number of hydrogen-bond acceptors (Lipinski definition) is 0. The molecule has 0 N–H and O–H groups in total. The molecule has 2 aromatic rings. The van der Waals surface area contributed by atoms with Crippen molar-refractivity contribution >= 4 is 0 Å². The molecule has 0 nitrogen and oxygen atoms in total. The van der Waals surface area contributed by atoms with Gasteiger partial charge in [0, 0.05) is 0 Å². The minimum absolute atomic E-state index is 0. The molecule has 4 rings (SSSR count). The summed E-state index contributed by atoms with van der Waals surface area (Å²) in [6.07, 6.45) is 16.9. The van der Waals surface area contributed by atoms with E-state index in [4.69, 9.17) is 0 Å². The number of halogens is 3. The molecule has 0 aromatic heterocycles. The van der Waals surface area contributed by atoms with E-state index in [1.807, 2.05) is 0 Å².